The summed E-state index contributed by atoms with van der Waals surface area (Å²) in [4.78, 5) is 12.0. The Morgan fingerprint density at radius 1 is 1.37 bits per heavy atom. The van der Waals surface area contributed by atoms with Gasteiger partial charge in [0.25, 0.3) is 5.91 Å². The van der Waals surface area contributed by atoms with Gasteiger partial charge in [0.1, 0.15) is 5.75 Å². The van der Waals surface area contributed by atoms with E-state index in [9.17, 15) is 4.79 Å². The van der Waals surface area contributed by atoms with Crippen LogP contribution in [0.4, 0.5) is 0 Å². The molecule has 0 unspecified atom stereocenters. The quantitative estimate of drug-likeness (QED) is 0.841. The molecule has 1 aromatic carbocycles. The molecule has 0 radical (unpaired) electrons. The summed E-state index contributed by atoms with van der Waals surface area (Å²) in [5.74, 6) is 0.731. The van der Waals surface area contributed by atoms with E-state index < -0.39 is 0 Å². The molecule has 0 aromatic heterocycles. The third kappa shape index (κ3) is 3.47. The maximum Gasteiger partial charge on any atom is 0.251 e. The molecule has 19 heavy (non-hydrogen) atoms. The first-order valence-electron chi connectivity index (χ1n) is 6.64. The van der Waals surface area contributed by atoms with E-state index >= 15 is 0 Å². The molecule has 3 nitrogen and oxygen atoms in total. The van der Waals surface area contributed by atoms with Gasteiger partial charge in [-0.25, -0.2) is 0 Å². The molecule has 0 atom stereocenters. The van der Waals surface area contributed by atoms with Crippen molar-refractivity contribution in [2.24, 2.45) is 0 Å². The summed E-state index contributed by atoms with van der Waals surface area (Å²) in [5.41, 5.74) is 2.69. The summed E-state index contributed by atoms with van der Waals surface area (Å²) >= 11 is 0. The van der Waals surface area contributed by atoms with E-state index in [1.54, 1.807) is 12.3 Å². The molecule has 0 bridgehead atoms. The standard InChI is InChI=1S/C16H19NO2/c1-3-4-8-17-16(18)14-7-9-19-15-10-12(2)5-6-13(15)11-14/h5-7,9-11H,3-4,8H2,1-2H3,(H,17,18). The van der Waals surface area contributed by atoms with E-state index in [0.717, 1.165) is 29.7 Å². The van der Waals surface area contributed by atoms with Crippen LogP contribution in [-0.2, 0) is 4.79 Å². The number of unbranched alkanes of at least 4 members (excludes halogenated alkanes) is 1. The van der Waals surface area contributed by atoms with Crippen molar-refractivity contribution in [3.05, 3.63) is 47.2 Å². The van der Waals surface area contributed by atoms with Gasteiger partial charge in [0.05, 0.1) is 6.26 Å². The predicted octanol–water partition coefficient (Wildman–Crippen LogP) is 3.20. The van der Waals surface area contributed by atoms with E-state index in [1.807, 2.05) is 31.2 Å². The number of carbonyl (C=O) groups is 1. The monoisotopic (exact) mass is 257 g/mol. The predicted molar refractivity (Wildman–Crippen MR) is 76.8 cm³/mol. The largest absolute Gasteiger partial charge is 0.464 e. The highest BCUT2D eigenvalue weighted by atomic mass is 16.5. The SMILES string of the molecule is CCCCNC(=O)C1=Cc2ccc(C)cc2OC=C1. The summed E-state index contributed by atoms with van der Waals surface area (Å²) in [6.45, 7) is 4.83. The van der Waals surface area contributed by atoms with Crippen LogP contribution >= 0.6 is 0 Å². The highest BCUT2D eigenvalue weighted by Crippen LogP contribution is 2.25. The Morgan fingerprint density at radius 3 is 3.00 bits per heavy atom. The fraction of sp³-hybridized carbons (Fsp3) is 0.312. The van der Waals surface area contributed by atoms with Crippen molar-refractivity contribution < 1.29 is 9.53 Å². The van der Waals surface area contributed by atoms with Crippen molar-refractivity contribution in [1.29, 1.82) is 0 Å². The number of fused-ring (bicyclic) bond motifs is 1. The number of carbonyl (C=O) groups excluding carboxylic acids is 1. The molecule has 0 spiro atoms. The minimum absolute atomic E-state index is 0.0540. The lowest BCUT2D eigenvalue weighted by Gasteiger charge is -2.05. The molecule has 1 aliphatic heterocycles. The number of aryl methyl sites for hydroxylation is 1. The van der Waals surface area contributed by atoms with Crippen molar-refractivity contribution in [3.63, 3.8) is 0 Å². The van der Waals surface area contributed by atoms with Gasteiger partial charge >= 0.3 is 0 Å². The molecular weight excluding hydrogens is 238 g/mol. The highest BCUT2D eigenvalue weighted by Gasteiger charge is 2.11. The van der Waals surface area contributed by atoms with Gasteiger partial charge in [-0.15, -0.1) is 0 Å². The summed E-state index contributed by atoms with van der Waals surface area (Å²) in [7, 11) is 0. The van der Waals surface area contributed by atoms with Crippen LogP contribution in [0, 0.1) is 6.92 Å². The average molecular weight is 257 g/mol. The smallest absolute Gasteiger partial charge is 0.251 e. The molecule has 1 amide bonds. The lowest BCUT2D eigenvalue weighted by atomic mass is 10.1. The second kappa shape index (κ2) is 6.23. The van der Waals surface area contributed by atoms with E-state index in [1.165, 1.54) is 0 Å². The van der Waals surface area contributed by atoms with E-state index in [4.69, 9.17) is 4.74 Å². The van der Waals surface area contributed by atoms with Crippen molar-refractivity contribution in [2.45, 2.75) is 26.7 Å². The first kappa shape index (κ1) is 13.4. The Bertz CT molecular complexity index is 530. The molecular formula is C16H19NO2. The van der Waals surface area contributed by atoms with Gasteiger partial charge in [-0.1, -0.05) is 25.5 Å². The molecule has 0 saturated heterocycles. The van der Waals surface area contributed by atoms with Crippen LogP contribution in [0.2, 0.25) is 0 Å². The van der Waals surface area contributed by atoms with Gasteiger partial charge in [-0.3, -0.25) is 4.79 Å². The van der Waals surface area contributed by atoms with Gasteiger partial charge in [0.15, 0.2) is 0 Å². The number of hydrogen-bond acceptors (Lipinski definition) is 2. The van der Waals surface area contributed by atoms with Gasteiger partial charge in [-0.2, -0.15) is 0 Å². The van der Waals surface area contributed by atoms with Gasteiger partial charge in [0.2, 0.25) is 0 Å². The molecule has 0 saturated carbocycles. The Hall–Kier alpha value is -2.03. The number of ether oxygens (including phenoxy) is 1. The van der Waals surface area contributed by atoms with E-state index in [2.05, 4.69) is 12.2 Å². The molecule has 1 aliphatic rings. The maximum atomic E-state index is 12.0. The number of rotatable bonds is 4. The van der Waals surface area contributed by atoms with Crippen molar-refractivity contribution in [1.82, 2.24) is 5.32 Å². The fourth-order valence-corrected chi connectivity index (χ4v) is 1.88. The summed E-state index contributed by atoms with van der Waals surface area (Å²) in [5, 5.41) is 2.91. The van der Waals surface area contributed by atoms with Crippen LogP contribution < -0.4 is 10.1 Å². The highest BCUT2D eigenvalue weighted by molar-refractivity contribution is 6.01. The summed E-state index contributed by atoms with van der Waals surface area (Å²) < 4.78 is 5.52. The third-order valence-electron chi connectivity index (χ3n) is 3.00. The van der Waals surface area contributed by atoms with E-state index in [-0.39, 0.29) is 5.91 Å². The summed E-state index contributed by atoms with van der Waals surface area (Å²) in [6, 6.07) is 5.95. The lowest BCUT2D eigenvalue weighted by molar-refractivity contribution is -0.117. The number of benzene rings is 1. The average Bonchev–Trinajstić information content (AvgIpc) is 2.60. The van der Waals surface area contributed by atoms with Gasteiger partial charge in [0, 0.05) is 17.7 Å². The Labute approximate surface area is 114 Å². The van der Waals surface area contributed by atoms with Crippen LogP contribution in [0.3, 0.4) is 0 Å². The number of nitrogens with one attached hydrogen (secondary N) is 1. The molecule has 0 fully saturated rings. The van der Waals surface area contributed by atoms with Gasteiger partial charge < -0.3 is 10.1 Å². The number of amides is 1. The second-order valence-electron chi connectivity index (χ2n) is 4.67. The van der Waals surface area contributed by atoms with Gasteiger partial charge in [-0.05, 0) is 37.1 Å². The molecule has 1 heterocycles. The van der Waals surface area contributed by atoms with E-state index in [0.29, 0.717) is 12.1 Å². The Morgan fingerprint density at radius 2 is 2.21 bits per heavy atom. The third-order valence-corrected chi connectivity index (χ3v) is 3.00. The molecule has 1 N–H and O–H groups in total. The minimum atomic E-state index is -0.0540. The van der Waals surface area contributed by atoms with Crippen molar-refractivity contribution in [3.8, 4) is 5.75 Å². The summed E-state index contributed by atoms with van der Waals surface area (Å²) in [6.07, 6.45) is 7.20. The van der Waals surface area contributed by atoms with Crippen molar-refractivity contribution in [2.75, 3.05) is 6.54 Å². The topological polar surface area (TPSA) is 38.3 Å². The van der Waals surface area contributed by atoms with Crippen LogP contribution in [0.1, 0.15) is 30.9 Å². The number of hydrogen-bond donors (Lipinski definition) is 1. The first-order chi connectivity index (χ1) is 9.20. The normalized spacial score (nSPS) is 13.1. The minimum Gasteiger partial charge on any atom is -0.464 e. The van der Waals surface area contributed by atoms with Crippen LogP contribution in [-0.4, -0.2) is 12.5 Å². The van der Waals surface area contributed by atoms with Crippen LogP contribution in [0.25, 0.3) is 6.08 Å². The fourth-order valence-electron chi connectivity index (χ4n) is 1.88. The molecule has 3 heteroatoms. The van der Waals surface area contributed by atoms with Crippen LogP contribution in [0.15, 0.2) is 36.1 Å². The van der Waals surface area contributed by atoms with Crippen LogP contribution in [0.5, 0.6) is 5.75 Å². The van der Waals surface area contributed by atoms with Crippen molar-refractivity contribution >= 4 is 12.0 Å². The first-order valence-corrected chi connectivity index (χ1v) is 6.64. The Kier molecular flexibility index (Phi) is 4.39. The zero-order valence-electron chi connectivity index (χ0n) is 11.4. The second-order valence-corrected chi connectivity index (χ2v) is 4.67. The molecule has 1 aromatic rings. The zero-order chi connectivity index (χ0) is 13.7. The maximum absolute atomic E-state index is 12.0. The lowest BCUT2D eigenvalue weighted by Crippen LogP contribution is -2.25. The molecule has 0 aliphatic carbocycles. The Balaban J connectivity index is 2.17. The molecule has 100 valence electrons. The molecule has 2 rings (SSSR count). The zero-order valence-corrected chi connectivity index (χ0v) is 11.4.